The Morgan fingerprint density at radius 3 is 2.52 bits per heavy atom. The molecule has 134 valence electrons. The molecule has 2 aromatic rings. The summed E-state index contributed by atoms with van der Waals surface area (Å²) in [5, 5.41) is 6.07. The van der Waals surface area contributed by atoms with E-state index in [1.54, 1.807) is 14.2 Å². The normalized spacial score (nSPS) is 10.2. The number of halogens is 1. The molecule has 6 heteroatoms. The van der Waals surface area contributed by atoms with Gasteiger partial charge in [0, 0.05) is 16.7 Å². The molecule has 25 heavy (non-hydrogen) atoms. The van der Waals surface area contributed by atoms with E-state index >= 15 is 0 Å². The molecular weight excluding hydrogens is 384 g/mol. The smallest absolute Gasteiger partial charge is 0.239 e. The summed E-state index contributed by atoms with van der Waals surface area (Å²) in [7, 11) is 3.22. The fraction of sp³-hybridized carbons (Fsp3) is 0.316. The van der Waals surface area contributed by atoms with Crippen molar-refractivity contribution < 1.29 is 14.3 Å². The van der Waals surface area contributed by atoms with Gasteiger partial charge < -0.3 is 20.1 Å². The van der Waals surface area contributed by atoms with Crippen molar-refractivity contribution in [2.24, 2.45) is 0 Å². The van der Waals surface area contributed by atoms with Crippen molar-refractivity contribution in [1.29, 1.82) is 0 Å². The topological polar surface area (TPSA) is 59.6 Å². The second kappa shape index (κ2) is 9.32. The van der Waals surface area contributed by atoms with Crippen LogP contribution in [0.4, 0.5) is 5.69 Å². The quantitative estimate of drug-likeness (QED) is 0.703. The monoisotopic (exact) mass is 406 g/mol. The van der Waals surface area contributed by atoms with E-state index in [4.69, 9.17) is 9.47 Å². The van der Waals surface area contributed by atoms with Crippen LogP contribution in [0.25, 0.3) is 0 Å². The van der Waals surface area contributed by atoms with Crippen molar-refractivity contribution in [3.8, 4) is 11.5 Å². The van der Waals surface area contributed by atoms with Crippen molar-refractivity contribution >= 4 is 27.5 Å². The lowest BCUT2D eigenvalue weighted by Gasteiger charge is -2.11. The Morgan fingerprint density at radius 1 is 1.08 bits per heavy atom. The van der Waals surface area contributed by atoms with Gasteiger partial charge in [-0.25, -0.2) is 0 Å². The molecule has 0 unspecified atom stereocenters. The van der Waals surface area contributed by atoms with Gasteiger partial charge in [-0.15, -0.1) is 0 Å². The Morgan fingerprint density at radius 2 is 1.84 bits per heavy atom. The summed E-state index contributed by atoms with van der Waals surface area (Å²) in [4.78, 5) is 12.0. The number of carbonyl (C=O) groups excluding carboxylic acids is 1. The minimum Gasteiger partial charge on any atom is -0.493 e. The molecular formula is C19H23BrN2O3. The first kappa shape index (κ1) is 19.1. The number of anilines is 1. The molecule has 0 aliphatic carbocycles. The minimum atomic E-state index is -0.0391. The minimum absolute atomic E-state index is 0.0391. The van der Waals surface area contributed by atoms with Crippen molar-refractivity contribution in [2.75, 3.05) is 32.6 Å². The lowest BCUT2D eigenvalue weighted by atomic mass is 10.1. The Bertz CT molecular complexity index is 735. The number of methoxy groups -OCH3 is 2. The lowest BCUT2D eigenvalue weighted by molar-refractivity contribution is -0.119. The van der Waals surface area contributed by atoms with Crippen LogP contribution >= 0.6 is 15.9 Å². The van der Waals surface area contributed by atoms with Crippen LogP contribution in [0.1, 0.15) is 11.1 Å². The number of amides is 1. The van der Waals surface area contributed by atoms with E-state index in [1.165, 1.54) is 0 Å². The van der Waals surface area contributed by atoms with Crippen molar-refractivity contribution in [3.05, 3.63) is 52.0 Å². The lowest BCUT2D eigenvalue weighted by Crippen LogP contribution is -2.31. The molecule has 5 nitrogen and oxygen atoms in total. The van der Waals surface area contributed by atoms with Crippen LogP contribution in [0.2, 0.25) is 0 Å². The third-order valence-corrected chi connectivity index (χ3v) is 4.30. The van der Waals surface area contributed by atoms with Crippen LogP contribution in [0.15, 0.2) is 40.9 Å². The standard InChI is InChI=1S/C19H23BrN2O3/c1-13-10-15(20)5-6-16(13)22-12-19(23)21-9-8-14-4-7-17(24-2)18(11-14)25-3/h4-7,10-11,22H,8-9,12H2,1-3H3,(H,21,23). The van der Waals surface area contributed by atoms with Gasteiger partial charge in [0.05, 0.1) is 20.8 Å². The zero-order valence-corrected chi connectivity index (χ0v) is 16.3. The number of ether oxygens (including phenoxy) is 2. The number of hydrogen-bond donors (Lipinski definition) is 2. The maximum Gasteiger partial charge on any atom is 0.239 e. The molecule has 0 saturated heterocycles. The van der Waals surface area contributed by atoms with E-state index in [2.05, 4.69) is 26.6 Å². The molecule has 0 atom stereocenters. The Hall–Kier alpha value is -2.21. The van der Waals surface area contributed by atoms with Gasteiger partial charge in [-0.1, -0.05) is 22.0 Å². The fourth-order valence-corrected chi connectivity index (χ4v) is 2.92. The number of hydrogen-bond acceptors (Lipinski definition) is 4. The highest BCUT2D eigenvalue weighted by Crippen LogP contribution is 2.27. The third kappa shape index (κ3) is 5.67. The van der Waals surface area contributed by atoms with Crippen molar-refractivity contribution in [1.82, 2.24) is 5.32 Å². The molecule has 0 heterocycles. The first-order valence-electron chi connectivity index (χ1n) is 8.01. The Kier molecular flexibility index (Phi) is 7.13. The van der Waals surface area contributed by atoms with E-state index in [1.807, 2.05) is 43.3 Å². The van der Waals surface area contributed by atoms with Crippen LogP contribution in [0.5, 0.6) is 11.5 Å². The number of nitrogens with one attached hydrogen (secondary N) is 2. The van der Waals surface area contributed by atoms with E-state index in [0.717, 1.165) is 27.7 Å². The average molecular weight is 407 g/mol. The molecule has 0 spiro atoms. The summed E-state index contributed by atoms with van der Waals surface area (Å²) >= 11 is 3.43. The van der Waals surface area contributed by atoms with Gasteiger partial charge in [-0.3, -0.25) is 4.79 Å². The number of aryl methyl sites for hydroxylation is 1. The maximum atomic E-state index is 12.0. The molecule has 0 bridgehead atoms. The van der Waals surface area contributed by atoms with Crippen LogP contribution in [-0.4, -0.2) is 33.2 Å². The Labute approximate surface area is 156 Å². The molecule has 0 aromatic heterocycles. The SMILES string of the molecule is COc1ccc(CCNC(=O)CNc2ccc(Br)cc2C)cc1OC. The van der Waals surface area contributed by atoms with Crippen LogP contribution < -0.4 is 20.1 Å². The zero-order chi connectivity index (χ0) is 18.2. The van der Waals surface area contributed by atoms with Gasteiger partial charge in [-0.05, 0) is 54.8 Å². The van der Waals surface area contributed by atoms with Gasteiger partial charge in [0.25, 0.3) is 0 Å². The predicted octanol–water partition coefficient (Wildman–Crippen LogP) is 3.55. The third-order valence-electron chi connectivity index (χ3n) is 3.81. The molecule has 1 amide bonds. The summed E-state index contributed by atoms with van der Waals surface area (Å²) in [6.45, 7) is 2.81. The fourth-order valence-electron chi connectivity index (χ4n) is 2.45. The molecule has 0 fully saturated rings. The molecule has 0 radical (unpaired) electrons. The van der Waals surface area contributed by atoms with Crippen molar-refractivity contribution in [3.63, 3.8) is 0 Å². The molecule has 0 aliphatic heterocycles. The molecule has 0 saturated carbocycles. The zero-order valence-electron chi connectivity index (χ0n) is 14.7. The van der Waals surface area contributed by atoms with E-state index in [-0.39, 0.29) is 12.5 Å². The molecule has 2 N–H and O–H groups in total. The van der Waals surface area contributed by atoms with Gasteiger partial charge in [0.1, 0.15) is 0 Å². The predicted molar refractivity (Wildman–Crippen MR) is 104 cm³/mol. The highest BCUT2D eigenvalue weighted by atomic mass is 79.9. The van der Waals surface area contributed by atoms with Crippen LogP contribution in [0, 0.1) is 6.92 Å². The average Bonchev–Trinajstić information content (AvgIpc) is 2.60. The highest BCUT2D eigenvalue weighted by Gasteiger charge is 2.06. The van der Waals surface area contributed by atoms with Gasteiger partial charge in [-0.2, -0.15) is 0 Å². The summed E-state index contributed by atoms with van der Waals surface area (Å²) in [6.07, 6.45) is 0.726. The highest BCUT2D eigenvalue weighted by molar-refractivity contribution is 9.10. The summed E-state index contributed by atoms with van der Waals surface area (Å²) in [5.74, 6) is 1.35. The largest absolute Gasteiger partial charge is 0.493 e. The summed E-state index contributed by atoms with van der Waals surface area (Å²) in [6, 6.07) is 11.7. The second-order valence-electron chi connectivity index (χ2n) is 5.60. The van der Waals surface area contributed by atoms with E-state index in [0.29, 0.717) is 18.0 Å². The second-order valence-corrected chi connectivity index (χ2v) is 6.52. The number of carbonyl (C=O) groups is 1. The summed E-state index contributed by atoms with van der Waals surface area (Å²) < 4.78 is 11.5. The van der Waals surface area contributed by atoms with Crippen LogP contribution in [0.3, 0.4) is 0 Å². The number of rotatable bonds is 8. The molecule has 2 rings (SSSR count). The number of benzene rings is 2. The van der Waals surface area contributed by atoms with E-state index < -0.39 is 0 Å². The first-order valence-corrected chi connectivity index (χ1v) is 8.80. The van der Waals surface area contributed by atoms with Gasteiger partial charge in [0.2, 0.25) is 5.91 Å². The summed E-state index contributed by atoms with van der Waals surface area (Å²) in [5.41, 5.74) is 3.13. The van der Waals surface area contributed by atoms with Crippen LogP contribution in [-0.2, 0) is 11.2 Å². The maximum absolute atomic E-state index is 12.0. The van der Waals surface area contributed by atoms with Gasteiger partial charge in [0.15, 0.2) is 11.5 Å². The first-order chi connectivity index (χ1) is 12.0. The van der Waals surface area contributed by atoms with Gasteiger partial charge >= 0.3 is 0 Å². The molecule has 0 aliphatic rings. The van der Waals surface area contributed by atoms with Crippen molar-refractivity contribution in [2.45, 2.75) is 13.3 Å². The van der Waals surface area contributed by atoms with E-state index in [9.17, 15) is 4.79 Å². The Balaban J connectivity index is 1.78. The molecule has 2 aromatic carbocycles.